The Balaban J connectivity index is 2.27. The van der Waals surface area contributed by atoms with Crippen molar-refractivity contribution in [2.45, 2.75) is 44.8 Å². The zero-order chi connectivity index (χ0) is 14.4. The van der Waals surface area contributed by atoms with Crippen molar-refractivity contribution in [2.75, 3.05) is 0 Å². The fraction of sp³-hybridized carbons (Fsp3) is 0.538. The van der Waals surface area contributed by atoms with E-state index in [0.717, 1.165) is 0 Å². The van der Waals surface area contributed by atoms with Crippen molar-refractivity contribution in [2.24, 2.45) is 5.73 Å². The molecule has 0 bridgehead atoms. The summed E-state index contributed by atoms with van der Waals surface area (Å²) in [6, 6.07) is 5.07. The van der Waals surface area contributed by atoms with Crippen molar-refractivity contribution >= 4 is 18.7 Å². The van der Waals surface area contributed by atoms with Crippen LogP contribution in [0.25, 0.3) is 0 Å². The van der Waals surface area contributed by atoms with Gasteiger partial charge in [-0.1, -0.05) is 23.7 Å². The molecule has 4 nitrogen and oxygen atoms in total. The molecule has 0 unspecified atom stereocenters. The molecular weight excluding hydrogens is 264 g/mol. The molecule has 0 amide bonds. The number of rotatable bonds is 2. The minimum atomic E-state index is -0.616. The second kappa shape index (κ2) is 4.67. The number of benzene rings is 1. The predicted molar refractivity (Wildman–Crippen MR) is 76.1 cm³/mol. The Morgan fingerprint density at radius 3 is 2.26 bits per heavy atom. The molecule has 0 radical (unpaired) electrons. The normalized spacial score (nSPS) is 22.5. The van der Waals surface area contributed by atoms with Crippen LogP contribution < -0.4 is 5.73 Å². The zero-order valence-electron chi connectivity index (χ0n) is 11.6. The van der Waals surface area contributed by atoms with Gasteiger partial charge < -0.3 is 20.1 Å². The summed E-state index contributed by atoms with van der Waals surface area (Å²) in [7, 11) is -0.616. The number of hydrogen-bond acceptors (Lipinski definition) is 4. The average molecular weight is 284 g/mol. The number of hydrogen-bond donors (Lipinski definition) is 2. The summed E-state index contributed by atoms with van der Waals surface area (Å²) in [5.74, 6) is -0.619. The van der Waals surface area contributed by atoms with E-state index in [0.29, 0.717) is 5.56 Å². The highest BCUT2D eigenvalue weighted by atomic mass is 35.5. The van der Waals surface area contributed by atoms with Gasteiger partial charge in [0, 0.05) is 5.56 Å². The Kier molecular flexibility index (Phi) is 3.60. The van der Waals surface area contributed by atoms with Gasteiger partial charge in [0.15, 0.2) is 0 Å². The molecule has 1 atom stereocenters. The molecule has 0 aliphatic carbocycles. The Morgan fingerprint density at radius 2 is 1.74 bits per heavy atom. The third-order valence-corrected chi connectivity index (χ3v) is 4.25. The minimum absolute atomic E-state index is 0.0219. The standard InChI is InChI=1S/C13H19BClNO3/c1-12(2)13(3,4)19-14(18-12)11(16)8-6-5-7-9(15)10(8)17/h5-7,11,17H,16H2,1-4H3/t11-/m0/s1. The number of phenolic OH excluding ortho intramolecular Hbond substituents is 1. The van der Waals surface area contributed by atoms with Crippen molar-refractivity contribution in [1.82, 2.24) is 0 Å². The maximum absolute atomic E-state index is 9.97. The van der Waals surface area contributed by atoms with Gasteiger partial charge in [0.2, 0.25) is 0 Å². The van der Waals surface area contributed by atoms with Crippen molar-refractivity contribution in [3.63, 3.8) is 0 Å². The van der Waals surface area contributed by atoms with Gasteiger partial charge in [-0.2, -0.15) is 0 Å². The molecule has 3 N–H and O–H groups in total. The summed E-state index contributed by atoms with van der Waals surface area (Å²) in [6.45, 7) is 7.82. The smallest absolute Gasteiger partial charge is 0.480 e. The van der Waals surface area contributed by atoms with Gasteiger partial charge in [0.1, 0.15) is 5.75 Å². The van der Waals surface area contributed by atoms with Crippen LogP contribution in [-0.4, -0.2) is 23.4 Å². The largest absolute Gasteiger partial charge is 0.506 e. The molecule has 1 aromatic rings. The average Bonchev–Trinajstić information content (AvgIpc) is 2.51. The summed E-state index contributed by atoms with van der Waals surface area (Å²) >= 11 is 5.89. The number of aromatic hydroxyl groups is 1. The second-order valence-corrected chi connectivity index (χ2v) is 6.24. The molecule has 19 heavy (non-hydrogen) atoms. The number of nitrogens with two attached hydrogens (primary N) is 1. The number of phenols is 1. The fourth-order valence-electron chi connectivity index (χ4n) is 1.98. The zero-order valence-corrected chi connectivity index (χ0v) is 12.4. The molecule has 1 fully saturated rings. The molecule has 2 rings (SSSR count). The molecule has 1 aromatic carbocycles. The lowest BCUT2D eigenvalue weighted by atomic mass is 9.74. The van der Waals surface area contributed by atoms with Gasteiger partial charge in [-0.05, 0) is 33.8 Å². The topological polar surface area (TPSA) is 64.7 Å². The summed E-state index contributed by atoms with van der Waals surface area (Å²) in [4.78, 5) is 0. The Morgan fingerprint density at radius 1 is 1.21 bits per heavy atom. The Bertz CT molecular complexity index is 477. The van der Waals surface area contributed by atoms with E-state index in [1.165, 1.54) is 0 Å². The first-order chi connectivity index (χ1) is 8.66. The van der Waals surface area contributed by atoms with E-state index < -0.39 is 24.3 Å². The van der Waals surface area contributed by atoms with Crippen LogP contribution >= 0.6 is 11.6 Å². The first-order valence-electron chi connectivity index (χ1n) is 6.24. The van der Waals surface area contributed by atoms with Crippen molar-refractivity contribution in [3.8, 4) is 5.75 Å². The van der Waals surface area contributed by atoms with Crippen molar-refractivity contribution in [3.05, 3.63) is 28.8 Å². The molecule has 6 heteroatoms. The second-order valence-electron chi connectivity index (χ2n) is 5.83. The van der Waals surface area contributed by atoms with Crippen molar-refractivity contribution < 1.29 is 14.4 Å². The molecule has 1 saturated heterocycles. The van der Waals surface area contributed by atoms with Gasteiger partial charge in [0.25, 0.3) is 0 Å². The van der Waals surface area contributed by atoms with Gasteiger partial charge in [-0.15, -0.1) is 0 Å². The third kappa shape index (κ3) is 2.48. The van der Waals surface area contributed by atoms with E-state index in [4.69, 9.17) is 26.6 Å². The van der Waals surface area contributed by atoms with Crippen LogP contribution in [-0.2, 0) is 9.31 Å². The molecule has 1 aliphatic heterocycles. The monoisotopic (exact) mass is 283 g/mol. The highest BCUT2D eigenvalue weighted by Gasteiger charge is 2.53. The molecule has 0 aromatic heterocycles. The first-order valence-corrected chi connectivity index (χ1v) is 6.62. The van der Waals surface area contributed by atoms with Crippen LogP contribution in [0, 0.1) is 0 Å². The third-order valence-electron chi connectivity index (χ3n) is 3.94. The maximum atomic E-state index is 9.97. The fourth-order valence-corrected chi connectivity index (χ4v) is 2.16. The van der Waals surface area contributed by atoms with E-state index in [1.807, 2.05) is 27.7 Å². The Labute approximate surface area is 119 Å². The van der Waals surface area contributed by atoms with E-state index >= 15 is 0 Å². The van der Waals surface area contributed by atoms with Crippen LogP contribution in [0.2, 0.25) is 5.02 Å². The Hall–Kier alpha value is -0.745. The molecule has 1 heterocycles. The predicted octanol–water partition coefficient (Wildman–Crippen LogP) is 2.68. The lowest BCUT2D eigenvalue weighted by Gasteiger charge is -2.32. The highest BCUT2D eigenvalue weighted by Crippen LogP contribution is 2.41. The summed E-state index contributed by atoms with van der Waals surface area (Å²) in [5.41, 5.74) is 5.75. The lowest BCUT2D eigenvalue weighted by molar-refractivity contribution is 0.00578. The van der Waals surface area contributed by atoms with Gasteiger partial charge >= 0.3 is 7.12 Å². The maximum Gasteiger partial charge on any atom is 0.480 e. The van der Waals surface area contributed by atoms with Crippen LogP contribution in [0.4, 0.5) is 0 Å². The number of para-hydroxylation sites is 1. The van der Waals surface area contributed by atoms with Crippen LogP contribution in [0.1, 0.15) is 39.2 Å². The lowest BCUT2D eigenvalue weighted by Crippen LogP contribution is -2.41. The van der Waals surface area contributed by atoms with Crippen LogP contribution in [0.3, 0.4) is 0 Å². The van der Waals surface area contributed by atoms with E-state index in [-0.39, 0.29) is 10.8 Å². The SMILES string of the molecule is CC1(C)OB([C@@H](N)c2cccc(Cl)c2O)OC1(C)C. The van der Waals surface area contributed by atoms with Crippen LogP contribution in [0.15, 0.2) is 18.2 Å². The molecular formula is C13H19BClNO3. The highest BCUT2D eigenvalue weighted by molar-refractivity contribution is 6.47. The molecule has 1 aliphatic rings. The molecule has 0 spiro atoms. The summed E-state index contributed by atoms with van der Waals surface area (Å²) in [6.07, 6.45) is 0. The summed E-state index contributed by atoms with van der Waals surface area (Å²) < 4.78 is 11.7. The van der Waals surface area contributed by atoms with Gasteiger partial charge in [0.05, 0.1) is 22.2 Å². The minimum Gasteiger partial charge on any atom is -0.506 e. The van der Waals surface area contributed by atoms with E-state index in [2.05, 4.69) is 0 Å². The van der Waals surface area contributed by atoms with Gasteiger partial charge in [-0.25, -0.2) is 0 Å². The molecule has 104 valence electrons. The molecule has 0 saturated carbocycles. The number of halogens is 1. The summed E-state index contributed by atoms with van der Waals surface area (Å²) in [5, 5.41) is 10.2. The van der Waals surface area contributed by atoms with Crippen LogP contribution in [0.5, 0.6) is 5.75 Å². The van der Waals surface area contributed by atoms with E-state index in [9.17, 15) is 5.11 Å². The quantitative estimate of drug-likeness (QED) is 0.819. The van der Waals surface area contributed by atoms with Crippen molar-refractivity contribution in [1.29, 1.82) is 0 Å². The van der Waals surface area contributed by atoms with Gasteiger partial charge in [-0.3, -0.25) is 0 Å². The van der Waals surface area contributed by atoms with E-state index in [1.54, 1.807) is 18.2 Å². The first kappa shape index (κ1) is 14.7.